The highest BCUT2D eigenvalue weighted by Crippen LogP contribution is 2.28. The molecule has 16 heteroatoms. The number of hydrogen-bond donors (Lipinski definition) is 9. The monoisotopic (exact) mass is 594 g/mol. The fourth-order valence-corrected chi connectivity index (χ4v) is 4.67. The Bertz CT molecular complexity index is 1410. The van der Waals surface area contributed by atoms with E-state index in [1.165, 1.54) is 48.3 Å². The van der Waals surface area contributed by atoms with Crippen LogP contribution in [0.2, 0.25) is 0 Å². The van der Waals surface area contributed by atoms with Crippen LogP contribution in [0.1, 0.15) is 40.5 Å². The number of nitrogens with zero attached hydrogens (tertiary/aromatic N) is 2. The summed E-state index contributed by atoms with van der Waals surface area (Å²) in [5, 5.41) is 33.0. The average molecular weight is 595 g/mol. The quantitative estimate of drug-likeness (QED) is 0.0667. The maximum atomic E-state index is 13.6. The Labute approximate surface area is 246 Å². The van der Waals surface area contributed by atoms with Crippen LogP contribution >= 0.6 is 0 Å². The maximum Gasteiger partial charge on any atom is 0.323 e. The summed E-state index contributed by atoms with van der Waals surface area (Å²) in [5.41, 5.74) is 12.9. The summed E-state index contributed by atoms with van der Waals surface area (Å²) in [6.45, 7) is 0.568. The van der Waals surface area contributed by atoms with Crippen molar-refractivity contribution in [1.29, 1.82) is 10.8 Å². The number of carboxylic acid groups (broad SMARTS) is 1. The third-order valence-corrected chi connectivity index (χ3v) is 6.69. The second-order valence-electron chi connectivity index (χ2n) is 9.72. The largest absolute Gasteiger partial charge is 0.480 e. The van der Waals surface area contributed by atoms with Crippen LogP contribution in [-0.4, -0.2) is 88.1 Å². The molecule has 2 aromatic carbocycles. The molecule has 11 N–H and O–H groups in total. The summed E-state index contributed by atoms with van der Waals surface area (Å²) in [6, 6.07) is 12.2. The number of aliphatic carboxylic acids is 1. The van der Waals surface area contributed by atoms with E-state index in [4.69, 9.17) is 22.3 Å². The highest BCUT2D eigenvalue weighted by Gasteiger charge is 2.53. The molecule has 0 aliphatic carbocycles. The van der Waals surface area contributed by atoms with Crippen molar-refractivity contribution in [3.8, 4) is 0 Å². The summed E-state index contributed by atoms with van der Waals surface area (Å²) in [4.78, 5) is 65.0. The fourth-order valence-electron chi connectivity index (χ4n) is 4.67. The molecule has 3 rings (SSSR count). The van der Waals surface area contributed by atoms with Gasteiger partial charge in [0.05, 0.1) is 0 Å². The number of hydrazine groups is 1. The first kappa shape index (κ1) is 32.0. The van der Waals surface area contributed by atoms with Crippen molar-refractivity contribution in [2.45, 2.75) is 25.3 Å². The van der Waals surface area contributed by atoms with Crippen molar-refractivity contribution >= 4 is 52.8 Å². The molecular formula is C27H34N10O6. The second kappa shape index (κ2) is 13.9. The number of ketones is 1. The Morgan fingerprint density at radius 3 is 1.86 bits per heavy atom. The number of benzene rings is 2. The highest BCUT2D eigenvalue weighted by molar-refractivity contribution is 6.11. The number of piperazine rings is 1. The van der Waals surface area contributed by atoms with E-state index in [0.29, 0.717) is 16.9 Å². The molecule has 1 atom stereocenters. The van der Waals surface area contributed by atoms with E-state index >= 15 is 0 Å². The lowest BCUT2D eigenvalue weighted by molar-refractivity contribution is -0.165. The summed E-state index contributed by atoms with van der Waals surface area (Å²) in [6.07, 6.45) is 0.0144. The molecule has 0 aromatic heterocycles. The number of carbonyl (C=O) groups is 5. The number of amides is 3. The number of Topliss-reactive ketones (excluding diaryl/α,β-unsaturated/α-hetero) is 1. The first-order valence-corrected chi connectivity index (χ1v) is 13.1. The predicted octanol–water partition coefficient (Wildman–Crippen LogP) is -0.291. The molecule has 43 heavy (non-hydrogen) atoms. The minimum absolute atomic E-state index is 0.0265. The van der Waals surface area contributed by atoms with Gasteiger partial charge in [0, 0.05) is 42.1 Å². The molecule has 1 aliphatic heterocycles. The number of anilines is 2. The SMILES string of the molecule is CC(=O)[C@@]1(CCCNC(=O)c2ccc(NC(=N)N)cc2)C(=O)N(CC(=O)O)CCN1NC(=O)c1ccc(NC(=N)N)cc1. The third-order valence-electron chi connectivity index (χ3n) is 6.69. The van der Waals surface area contributed by atoms with Gasteiger partial charge >= 0.3 is 5.97 Å². The topological polar surface area (TPSA) is 260 Å². The van der Waals surface area contributed by atoms with E-state index in [2.05, 4.69) is 21.4 Å². The molecule has 16 nitrogen and oxygen atoms in total. The van der Waals surface area contributed by atoms with Gasteiger partial charge in [0.1, 0.15) is 6.54 Å². The molecular weight excluding hydrogens is 560 g/mol. The van der Waals surface area contributed by atoms with Crippen LogP contribution in [-0.2, 0) is 14.4 Å². The van der Waals surface area contributed by atoms with E-state index in [1.54, 1.807) is 12.1 Å². The van der Waals surface area contributed by atoms with Crippen molar-refractivity contribution in [3.05, 3.63) is 59.7 Å². The van der Waals surface area contributed by atoms with Gasteiger partial charge < -0.3 is 37.4 Å². The fraction of sp³-hybridized carbons (Fsp3) is 0.296. The Morgan fingerprint density at radius 2 is 1.40 bits per heavy atom. The minimum atomic E-state index is -1.91. The van der Waals surface area contributed by atoms with E-state index < -0.39 is 41.6 Å². The lowest BCUT2D eigenvalue weighted by Crippen LogP contribution is -2.73. The molecule has 0 bridgehead atoms. The lowest BCUT2D eigenvalue weighted by atomic mass is 9.84. The Kier molecular flexibility index (Phi) is 10.4. The Balaban J connectivity index is 1.75. The van der Waals surface area contributed by atoms with Gasteiger partial charge in [-0.3, -0.25) is 40.2 Å². The van der Waals surface area contributed by atoms with Gasteiger partial charge in [-0.15, -0.1) is 0 Å². The molecule has 1 fully saturated rings. The number of carbonyl (C=O) groups excluding carboxylic acids is 4. The maximum absolute atomic E-state index is 13.6. The average Bonchev–Trinajstić information content (AvgIpc) is 2.93. The van der Waals surface area contributed by atoms with Crippen molar-refractivity contribution in [1.82, 2.24) is 20.7 Å². The molecule has 0 radical (unpaired) electrons. The van der Waals surface area contributed by atoms with Gasteiger partial charge in [0.25, 0.3) is 17.7 Å². The number of rotatable bonds is 12. The van der Waals surface area contributed by atoms with Gasteiger partial charge in [-0.05, 0) is 68.3 Å². The first-order chi connectivity index (χ1) is 20.3. The molecule has 228 valence electrons. The van der Waals surface area contributed by atoms with Crippen LogP contribution in [0, 0.1) is 10.8 Å². The van der Waals surface area contributed by atoms with Gasteiger partial charge in [0.2, 0.25) is 0 Å². The first-order valence-electron chi connectivity index (χ1n) is 13.1. The van der Waals surface area contributed by atoms with Crippen LogP contribution in [0.15, 0.2) is 48.5 Å². The molecule has 0 unspecified atom stereocenters. The molecule has 1 saturated heterocycles. The zero-order valence-corrected chi connectivity index (χ0v) is 23.4. The van der Waals surface area contributed by atoms with Crippen molar-refractivity contribution in [3.63, 3.8) is 0 Å². The van der Waals surface area contributed by atoms with Crippen LogP contribution in [0.25, 0.3) is 0 Å². The van der Waals surface area contributed by atoms with E-state index in [9.17, 15) is 29.1 Å². The van der Waals surface area contributed by atoms with E-state index in [0.717, 1.165) is 4.90 Å². The van der Waals surface area contributed by atoms with Crippen LogP contribution in [0.5, 0.6) is 0 Å². The number of nitrogens with one attached hydrogen (secondary N) is 6. The van der Waals surface area contributed by atoms with E-state index in [1.807, 2.05) is 0 Å². The summed E-state index contributed by atoms with van der Waals surface area (Å²) in [7, 11) is 0. The normalized spacial score (nSPS) is 16.6. The zero-order chi connectivity index (χ0) is 31.7. The van der Waals surface area contributed by atoms with Crippen molar-refractivity contribution < 1.29 is 29.1 Å². The van der Waals surface area contributed by atoms with Gasteiger partial charge in [-0.25, -0.2) is 0 Å². The van der Waals surface area contributed by atoms with Gasteiger partial charge in [-0.1, -0.05) is 0 Å². The van der Waals surface area contributed by atoms with Crippen molar-refractivity contribution in [2.75, 3.05) is 36.8 Å². The number of hydrogen-bond acceptors (Lipinski definition) is 8. The summed E-state index contributed by atoms with van der Waals surface area (Å²) >= 11 is 0. The predicted molar refractivity (Wildman–Crippen MR) is 157 cm³/mol. The molecule has 1 heterocycles. The Hall–Kier alpha value is -5.51. The molecule has 0 saturated carbocycles. The van der Waals surface area contributed by atoms with Crippen LogP contribution in [0.4, 0.5) is 11.4 Å². The van der Waals surface area contributed by atoms with Crippen LogP contribution in [0.3, 0.4) is 0 Å². The molecule has 3 amide bonds. The van der Waals surface area contributed by atoms with Gasteiger partial charge in [0.15, 0.2) is 23.2 Å². The molecule has 0 spiro atoms. The summed E-state index contributed by atoms with van der Waals surface area (Å²) in [5.74, 6) is -4.18. The zero-order valence-electron chi connectivity index (χ0n) is 23.4. The van der Waals surface area contributed by atoms with E-state index in [-0.39, 0.29) is 50.0 Å². The summed E-state index contributed by atoms with van der Waals surface area (Å²) < 4.78 is 0. The third kappa shape index (κ3) is 8.04. The standard InChI is InChI=1S/C27H34N10O6/c1-16(38)27(11-2-12-32-22(41)17-3-7-19(8-4-17)33-25(28)29)24(43)36(15-21(39)40)13-14-37(27)35-23(42)18-5-9-20(10-6-18)34-26(30)31/h3-10H,2,11-15H2,1H3,(H,32,41)(H,35,42)(H,39,40)(H4,28,29,33)(H4,30,31,34)/t27-/m0/s1. The highest BCUT2D eigenvalue weighted by atomic mass is 16.4. The molecule has 2 aromatic rings. The smallest absolute Gasteiger partial charge is 0.323 e. The van der Waals surface area contributed by atoms with Crippen molar-refractivity contribution in [2.24, 2.45) is 11.5 Å². The van der Waals surface area contributed by atoms with Crippen LogP contribution < -0.4 is 32.8 Å². The number of nitrogens with two attached hydrogens (primary N) is 2. The lowest BCUT2D eigenvalue weighted by Gasteiger charge is -2.47. The number of carboxylic acids is 1. The molecule has 1 aliphatic rings. The second-order valence-corrected chi connectivity index (χ2v) is 9.72. The number of guanidine groups is 2. The Morgan fingerprint density at radius 1 is 0.884 bits per heavy atom. The minimum Gasteiger partial charge on any atom is -0.480 e. The van der Waals surface area contributed by atoms with Gasteiger partial charge in [-0.2, -0.15) is 5.01 Å².